The first-order valence-electron chi connectivity index (χ1n) is 5.86. The van der Waals surface area contributed by atoms with Gasteiger partial charge < -0.3 is 21.1 Å². The van der Waals surface area contributed by atoms with Crippen molar-refractivity contribution in [1.82, 2.24) is 9.97 Å². The lowest BCUT2D eigenvalue weighted by Crippen LogP contribution is -2.35. The molecule has 6 heteroatoms. The third-order valence-electron chi connectivity index (χ3n) is 2.75. The van der Waals surface area contributed by atoms with Crippen molar-refractivity contribution in [3.05, 3.63) is 6.07 Å². The summed E-state index contributed by atoms with van der Waals surface area (Å²) in [7, 11) is 0. The molecule has 0 aliphatic carbocycles. The van der Waals surface area contributed by atoms with Gasteiger partial charge in [0.25, 0.3) is 0 Å². The molecule has 0 saturated carbocycles. The summed E-state index contributed by atoms with van der Waals surface area (Å²) in [6, 6.07) is 1.86. The summed E-state index contributed by atoms with van der Waals surface area (Å²) in [4.78, 5) is 8.29. The van der Waals surface area contributed by atoms with Gasteiger partial charge in [-0.3, -0.25) is 0 Å². The van der Waals surface area contributed by atoms with E-state index >= 15 is 0 Å². The fourth-order valence-electron chi connectivity index (χ4n) is 1.88. The molecule has 1 unspecified atom stereocenters. The number of nitrogens with two attached hydrogens (primary N) is 1. The highest BCUT2D eigenvalue weighted by atomic mass is 16.5. The number of anilines is 3. The number of hydrogen-bond acceptors (Lipinski definition) is 6. The SMILES string of the molecule is CCNc1cc(NC2(C)CCOC2)nc(N)n1. The van der Waals surface area contributed by atoms with Gasteiger partial charge in [-0.15, -0.1) is 0 Å². The van der Waals surface area contributed by atoms with Crippen LogP contribution in [0, 0.1) is 0 Å². The highest BCUT2D eigenvalue weighted by molar-refractivity contribution is 5.52. The first kappa shape index (κ1) is 11.9. The van der Waals surface area contributed by atoms with E-state index in [1.807, 2.05) is 13.0 Å². The maximum atomic E-state index is 5.67. The molecule has 1 saturated heterocycles. The lowest BCUT2D eigenvalue weighted by molar-refractivity contribution is 0.185. The van der Waals surface area contributed by atoms with Crippen LogP contribution in [-0.4, -0.2) is 35.3 Å². The van der Waals surface area contributed by atoms with Crippen LogP contribution in [0.2, 0.25) is 0 Å². The molecule has 0 aromatic carbocycles. The first-order valence-corrected chi connectivity index (χ1v) is 5.86. The normalized spacial score (nSPS) is 23.6. The van der Waals surface area contributed by atoms with E-state index in [-0.39, 0.29) is 11.5 Å². The molecule has 0 amide bonds. The smallest absolute Gasteiger partial charge is 0.223 e. The highest BCUT2D eigenvalue weighted by Gasteiger charge is 2.29. The molecule has 0 bridgehead atoms. The molecule has 94 valence electrons. The van der Waals surface area contributed by atoms with Crippen LogP contribution >= 0.6 is 0 Å². The lowest BCUT2D eigenvalue weighted by atomic mass is 10.0. The standard InChI is InChI=1S/C11H19N5O/c1-3-13-8-6-9(15-10(12)14-8)16-11(2)4-5-17-7-11/h6H,3-5,7H2,1-2H3,(H4,12,13,14,15,16). The van der Waals surface area contributed by atoms with Gasteiger partial charge in [0.15, 0.2) is 0 Å². The van der Waals surface area contributed by atoms with Crippen LogP contribution in [0.15, 0.2) is 6.07 Å². The number of nitrogens with one attached hydrogen (secondary N) is 2. The molecule has 1 aliphatic heterocycles. The average molecular weight is 237 g/mol. The summed E-state index contributed by atoms with van der Waals surface area (Å²) in [5, 5.41) is 6.48. The molecule has 2 heterocycles. The van der Waals surface area contributed by atoms with E-state index in [0.29, 0.717) is 6.61 Å². The summed E-state index contributed by atoms with van der Waals surface area (Å²) >= 11 is 0. The Bertz CT molecular complexity index is 389. The monoisotopic (exact) mass is 237 g/mol. The quantitative estimate of drug-likeness (QED) is 0.726. The Balaban J connectivity index is 2.14. The van der Waals surface area contributed by atoms with Gasteiger partial charge in [0.2, 0.25) is 5.95 Å². The topological polar surface area (TPSA) is 85.1 Å². The molecule has 2 rings (SSSR count). The van der Waals surface area contributed by atoms with Gasteiger partial charge in [0.05, 0.1) is 12.1 Å². The minimum Gasteiger partial charge on any atom is -0.379 e. The van der Waals surface area contributed by atoms with E-state index in [0.717, 1.165) is 31.2 Å². The fraction of sp³-hybridized carbons (Fsp3) is 0.636. The Morgan fingerprint density at radius 3 is 2.88 bits per heavy atom. The summed E-state index contributed by atoms with van der Waals surface area (Å²) in [6.45, 7) is 6.40. The van der Waals surface area contributed by atoms with Gasteiger partial charge in [-0.1, -0.05) is 0 Å². The van der Waals surface area contributed by atoms with Crippen LogP contribution in [-0.2, 0) is 4.74 Å². The van der Waals surface area contributed by atoms with Crippen molar-refractivity contribution in [3.63, 3.8) is 0 Å². The molecule has 0 spiro atoms. The van der Waals surface area contributed by atoms with Gasteiger partial charge in [-0.05, 0) is 20.3 Å². The van der Waals surface area contributed by atoms with Crippen LogP contribution in [0.3, 0.4) is 0 Å². The molecule has 1 fully saturated rings. The van der Waals surface area contributed by atoms with Crippen LogP contribution in [0.25, 0.3) is 0 Å². The Labute approximate surface area is 101 Å². The van der Waals surface area contributed by atoms with Crippen LogP contribution in [0.5, 0.6) is 0 Å². The Morgan fingerprint density at radius 1 is 1.47 bits per heavy atom. The molecule has 17 heavy (non-hydrogen) atoms. The van der Waals surface area contributed by atoms with Gasteiger partial charge in [0, 0.05) is 19.2 Å². The largest absolute Gasteiger partial charge is 0.379 e. The highest BCUT2D eigenvalue weighted by Crippen LogP contribution is 2.24. The van der Waals surface area contributed by atoms with Gasteiger partial charge in [-0.2, -0.15) is 9.97 Å². The second-order valence-electron chi connectivity index (χ2n) is 4.52. The minimum absolute atomic E-state index is 0.0652. The Kier molecular flexibility index (Phi) is 3.33. The zero-order chi connectivity index (χ0) is 12.3. The first-order chi connectivity index (χ1) is 8.11. The second-order valence-corrected chi connectivity index (χ2v) is 4.52. The summed E-state index contributed by atoms with van der Waals surface area (Å²) < 4.78 is 5.39. The molecular formula is C11H19N5O. The van der Waals surface area contributed by atoms with Gasteiger partial charge in [0.1, 0.15) is 11.6 Å². The number of ether oxygens (including phenoxy) is 1. The van der Waals surface area contributed by atoms with Crippen LogP contribution in [0.4, 0.5) is 17.6 Å². The van der Waals surface area contributed by atoms with Gasteiger partial charge in [-0.25, -0.2) is 0 Å². The Morgan fingerprint density at radius 2 is 2.24 bits per heavy atom. The van der Waals surface area contributed by atoms with Crippen LogP contribution in [0.1, 0.15) is 20.3 Å². The van der Waals surface area contributed by atoms with Crippen molar-refractivity contribution < 1.29 is 4.74 Å². The third kappa shape index (κ3) is 2.97. The maximum Gasteiger partial charge on any atom is 0.223 e. The number of rotatable bonds is 4. The summed E-state index contributed by atoms with van der Waals surface area (Å²) in [5.74, 6) is 1.75. The van der Waals surface area contributed by atoms with E-state index in [1.165, 1.54) is 0 Å². The molecule has 1 aliphatic rings. The van der Waals surface area contributed by atoms with E-state index in [4.69, 9.17) is 10.5 Å². The van der Waals surface area contributed by atoms with Crippen molar-refractivity contribution >= 4 is 17.6 Å². The molecular weight excluding hydrogens is 218 g/mol. The van der Waals surface area contributed by atoms with Crippen molar-refractivity contribution in [2.24, 2.45) is 0 Å². The number of nitrogen functional groups attached to an aromatic ring is 1. The third-order valence-corrected chi connectivity index (χ3v) is 2.75. The summed E-state index contributed by atoms with van der Waals surface area (Å²) in [5.41, 5.74) is 5.61. The molecule has 1 aromatic rings. The number of hydrogen-bond donors (Lipinski definition) is 3. The van der Waals surface area contributed by atoms with E-state index in [2.05, 4.69) is 27.5 Å². The van der Waals surface area contributed by atoms with Crippen LogP contribution < -0.4 is 16.4 Å². The zero-order valence-corrected chi connectivity index (χ0v) is 10.3. The lowest BCUT2D eigenvalue weighted by Gasteiger charge is -2.24. The van der Waals surface area contributed by atoms with Crippen molar-refractivity contribution in [2.75, 3.05) is 36.1 Å². The minimum atomic E-state index is -0.0652. The van der Waals surface area contributed by atoms with Crippen molar-refractivity contribution in [1.29, 1.82) is 0 Å². The van der Waals surface area contributed by atoms with E-state index in [9.17, 15) is 0 Å². The fourth-order valence-corrected chi connectivity index (χ4v) is 1.88. The maximum absolute atomic E-state index is 5.67. The number of aromatic nitrogens is 2. The van der Waals surface area contributed by atoms with E-state index < -0.39 is 0 Å². The molecule has 0 radical (unpaired) electrons. The molecule has 1 aromatic heterocycles. The predicted molar refractivity (Wildman–Crippen MR) is 68.1 cm³/mol. The van der Waals surface area contributed by atoms with E-state index in [1.54, 1.807) is 0 Å². The van der Waals surface area contributed by atoms with Crippen molar-refractivity contribution in [3.8, 4) is 0 Å². The molecule has 6 nitrogen and oxygen atoms in total. The average Bonchev–Trinajstić information content (AvgIpc) is 2.64. The second kappa shape index (κ2) is 4.75. The summed E-state index contributed by atoms with van der Waals surface area (Å²) in [6.07, 6.45) is 0.966. The van der Waals surface area contributed by atoms with Crippen molar-refractivity contribution in [2.45, 2.75) is 25.8 Å². The number of nitrogens with zero attached hydrogens (tertiary/aromatic N) is 2. The predicted octanol–water partition coefficient (Wildman–Crippen LogP) is 1.08. The Hall–Kier alpha value is -1.56. The van der Waals surface area contributed by atoms with Gasteiger partial charge >= 0.3 is 0 Å². The zero-order valence-electron chi connectivity index (χ0n) is 10.3. The molecule has 1 atom stereocenters. The molecule has 4 N–H and O–H groups in total.